The summed E-state index contributed by atoms with van der Waals surface area (Å²) in [5.74, 6) is 1.86. The molecule has 3 rings (SSSR count). The molecular formula is C24H40N4O3. The smallest absolute Gasteiger partial charge is 0.193 e. The number of nitrogens with one attached hydrogen (secondary N) is 1. The highest BCUT2D eigenvalue weighted by atomic mass is 16.5. The van der Waals surface area contributed by atoms with E-state index in [4.69, 9.17) is 14.2 Å². The molecule has 2 heterocycles. The third kappa shape index (κ3) is 8.31. The van der Waals surface area contributed by atoms with Crippen LogP contribution in [-0.2, 0) is 16.0 Å². The van der Waals surface area contributed by atoms with E-state index in [9.17, 15) is 0 Å². The number of hydrogen-bond donors (Lipinski definition) is 1. The van der Waals surface area contributed by atoms with Crippen LogP contribution < -0.4 is 10.1 Å². The molecule has 2 fully saturated rings. The third-order valence-corrected chi connectivity index (χ3v) is 5.90. The molecule has 0 aromatic heterocycles. The first-order chi connectivity index (χ1) is 15.1. The average molecular weight is 433 g/mol. The van der Waals surface area contributed by atoms with Crippen LogP contribution >= 0.6 is 0 Å². The molecule has 2 saturated heterocycles. The largest absolute Gasteiger partial charge is 0.492 e. The molecule has 0 spiro atoms. The summed E-state index contributed by atoms with van der Waals surface area (Å²) in [5, 5.41) is 3.51. The lowest BCUT2D eigenvalue weighted by molar-refractivity contribution is -0.0721. The molecule has 7 nitrogen and oxygen atoms in total. The lowest BCUT2D eigenvalue weighted by Gasteiger charge is -2.35. The number of benzene rings is 1. The summed E-state index contributed by atoms with van der Waals surface area (Å²) in [7, 11) is 5.96. The Balaban J connectivity index is 1.38. The van der Waals surface area contributed by atoms with Crippen molar-refractivity contribution in [1.29, 1.82) is 0 Å². The fraction of sp³-hybridized carbons (Fsp3) is 0.708. The van der Waals surface area contributed by atoms with Crippen molar-refractivity contribution in [3.63, 3.8) is 0 Å². The quantitative estimate of drug-likeness (QED) is 0.478. The summed E-state index contributed by atoms with van der Waals surface area (Å²) in [5.41, 5.74) is 1.19. The number of likely N-dealkylation sites (tertiary alicyclic amines) is 1. The molecule has 0 bridgehead atoms. The molecule has 31 heavy (non-hydrogen) atoms. The van der Waals surface area contributed by atoms with Gasteiger partial charge in [-0.3, -0.25) is 4.99 Å². The maximum atomic E-state index is 6.14. The molecule has 2 aliphatic rings. The van der Waals surface area contributed by atoms with Gasteiger partial charge in [0, 0.05) is 39.8 Å². The first kappa shape index (κ1) is 23.8. The summed E-state index contributed by atoms with van der Waals surface area (Å²) >= 11 is 0. The number of hydrogen-bond acceptors (Lipinski definition) is 5. The Labute approximate surface area is 187 Å². The summed E-state index contributed by atoms with van der Waals surface area (Å²) in [6, 6.07) is 8.27. The highest BCUT2D eigenvalue weighted by molar-refractivity contribution is 5.80. The van der Waals surface area contributed by atoms with E-state index < -0.39 is 0 Å². The van der Waals surface area contributed by atoms with Gasteiger partial charge in [-0.2, -0.15) is 0 Å². The van der Waals surface area contributed by atoms with Gasteiger partial charge in [-0.05, 0) is 63.9 Å². The van der Waals surface area contributed by atoms with Crippen molar-refractivity contribution >= 4 is 5.96 Å². The molecule has 1 atom stereocenters. The summed E-state index contributed by atoms with van der Waals surface area (Å²) < 4.78 is 17.8. The van der Waals surface area contributed by atoms with Gasteiger partial charge in [0.1, 0.15) is 12.4 Å². The maximum Gasteiger partial charge on any atom is 0.193 e. The van der Waals surface area contributed by atoms with Gasteiger partial charge in [0.25, 0.3) is 0 Å². The molecule has 1 aromatic carbocycles. The van der Waals surface area contributed by atoms with E-state index in [2.05, 4.69) is 46.3 Å². The Morgan fingerprint density at radius 2 is 2.06 bits per heavy atom. The molecule has 1 N–H and O–H groups in total. The number of rotatable bonds is 9. The SMILES string of the molecule is CN=C(NCc1cccc(OCCN(C)C)c1)N1CCC(OCC2CCCCO2)CC1. The Hall–Kier alpha value is -1.83. The number of likely N-dealkylation sites (N-methyl/N-ethyl adjacent to an activating group) is 1. The van der Waals surface area contributed by atoms with E-state index in [-0.39, 0.29) is 0 Å². The summed E-state index contributed by atoms with van der Waals surface area (Å²) in [4.78, 5) is 8.94. The van der Waals surface area contributed by atoms with Crippen molar-refractivity contribution in [2.24, 2.45) is 4.99 Å². The van der Waals surface area contributed by atoms with Gasteiger partial charge in [0.05, 0.1) is 18.8 Å². The molecule has 0 radical (unpaired) electrons. The molecule has 7 heteroatoms. The van der Waals surface area contributed by atoms with Crippen molar-refractivity contribution in [2.45, 2.75) is 50.9 Å². The van der Waals surface area contributed by atoms with Crippen LogP contribution in [0.5, 0.6) is 5.75 Å². The number of guanidine groups is 1. The third-order valence-electron chi connectivity index (χ3n) is 5.90. The number of aliphatic imine (C=N–C) groups is 1. The molecule has 1 unspecified atom stereocenters. The first-order valence-electron chi connectivity index (χ1n) is 11.7. The van der Waals surface area contributed by atoms with E-state index >= 15 is 0 Å². The van der Waals surface area contributed by atoms with Gasteiger partial charge >= 0.3 is 0 Å². The lowest BCUT2D eigenvalue weighted by atomic mass is 10.1. The Morgan fingerprint density at radius 1 is 1.23 bits per heavy atom. The summed E-state index contributed by atoms with van der Waals surface area (Å²) in [6.45, 7) is 5.88. The minimum absolute atomic E-state index is 0.295. The van der Waals surface area contributed by atoms with Crippen LogP contribution in [0.4, 0.5) is 0 Å². The van der Waals surface area contributed by atoms with Gasteiger partial charge in [0.15, 0.2) is 5.96 Å². The number of nitrogens with zero attached hydrogens (tertiary/aromatic N) is 3. The number of ether oxygens (including phenoxy) is 3. The molecule has 0 saturated carbocycles. The van der Waals surface area contributed by atoms with E-state index in [0.717, 1.165) is 70.4 Å². The molecule has 1 aromatic rings. The molecule has 2 aliphatic heterocycles. The first-order valence-corrected chi connectivity index (χ1v) is 11.7. The van der Waals surface area contributed by atoms with Crippen LogP contribution in [0.15, 0.2) is 29.3 Å². The Morgan fingerprint density at radius 3 is 2.77 bits per heavy atom. The Bertz CT molecular complexity index is 669. The van der Waals surface area contributed by atoms with Crippen LogP contribution in [0, 0.1) is 0 Å². The zero-order valence-electron chi connectivity index (χ0n) is 19.5. The van der Waals surface area contributed by atoms with E-state index in [1.54, 1.807) is 0 Å². The zero-order chi connectivity index (χ0) is 21.9. The van der Waals surface area contributed by atoms with E-state index in [1.165, 1.54) is 18.4 Å². The van der Waals surface area contributed by atoms with Gasteiger partial charge < -0.3 is 29.3 Å². The predicted octanol–water partition coefficient (Wildman–Crippen LogP) is 2.75. The fourth-order valence-corrected chi connectivity index (χ4v) is 4.02. The Kier molecular flexibility index (Phi) is 9.90. The lowest BCUT2D eigenvalue weighted by Crippen LogP contribution is -2.47. The number of piperidine rings is 1. The fourth-order valence-electron chi connectivity index (χ4n) is 4.02. The van der Waals surface area contributed by atoms with Gasteiger partial charge in [-0.15, -0.1) is 0 Å². The molecule has 174 valence electrons. The van der Waals surface area contributed by atoms with Gasteiger partial charge in [-0.1, -0.05) is 12.1 Å². The standard InChI is InChI=1S/C24H40N4O3/c1-25-24(26-18-20-7-6-9-22(17-20)30-16-14-27(2)3)28-12-10-21(11-13-28)31-19-23-8-4-5-15-29-23/h6-7,9,17,21,23H,4-5,8,10-16,18-19H2,1-3H3,(H,25,26). The van der Waals surface area contributed by atoms with Crippen molar-refractivity contribution < 1.29 is 14.2 Å². The van der Waals surface area contributed by atoms with Crippen LogP contribution in [-0.4, -0.2) is 88.6 Å². The van der Waals surface area contributed by atoms with Crippen molar-refractivity contribution in [2.75, 3.05) is 60.6 Å². The van der Waals surface area contributed by atoms with Crippen LogP contribution in [0.1, 0.15) is 37.7 Å². The highest BCUT2D eigenvalue weighted by Gasteiger charge is 2.23. The topological polar surface area (TPSA) is 58.6 Å². The summed E-state index contributed by atoms with van der Waals surface area (Å²) in [6.07, 6.45) is 6.27. The van der Waals surface area contributed by atoms with Gasteiger partial charge in [0.2, 0.25) is 0 Å². The van der Waals surface area contributed by atoms with E-state index in [0.29, 0.717) is 18.8 Å². The van der Waals surface area contributed by atoms with Crippen LogP contribution in [0.25, 0.3) is 0 Å². The van der Waals surface area contributed by atoms with Crippen molar-refractivity contribution in [1.82, 2.24) is 15.1 Å². The second-order valence-electron chi connectivity index (χ2n) is 8.71. The minimum atomic E-state index is 0.295. The maximum absolute atomic E-state index is 6.14. The average Bonchev–Trinajstić information content (AvgIpc) is 2.80. The second-order valence-corrected chi connectivity index (χ2v) is 8.71. The predicted molar refractivity (Wildman–Crippen MR) is 125 cm³/mol. The van der Waals surface area contributed by atoms with Crippen molar-refractivity contribution in [3.05, 3.63) is 29.8 Å². The van der Waals surface area contributed by atoms with Crippen LogP contribution in [0.3, 0.4) is 0 Å². The molecule has 0 amide bonds. The van der Waals surface area contributed by atoms with Crippen molar-refractivity contribution in [3.8, 4) is 5.75 Å². The zero-order valence-corrected chi connectivity index (χ0v) is 19.5. The minimum Gasteiger partial charge on any atom is -0.492 e. The van der Waals surface area contributed by atoms with E-state index in [1.807, 2.05) is 19.2 Å². The second kappa shape index (κ2) is 12.9. The monoisotopic (exact) mass is 432 g/mol. The van der Waals surface area contributed by atoms with Crippen LogP contribution in [0.2, 0.25) is 0 Å². The normalized spacial score (nSPS) is 20.8. The molecular weight excluding hydrogens is 392 g/mol. The highest BCUT2D eigenvalue weighted by Crippen LogP contribution is 2.18. The molecule has 0 aliphatic carbocycles. The van der Waals surface area contributed by atoms with Gasteiger partial charge in [-0.25, -0.2) is 0 Å².